The minimum Gasteiger partial charge on any atom is -0.379 e. The number of morpholine rings is 1. The van der Waals surface area contributed by atoms with Crippen molar-refractivity contribution in [1.82, 2.24) is 4.31 Å². The molecular formula is C25H26N2O4S2. The molecule has 0 bridgehead atoms. The summed E-state index contributed by atoms with van der Waals surface area (Å²) in [6.07, 6.45) is 0. The van der Waals surface area contributed by atoms with Crippen LogP contribution in [0.4, 0.5) is 5.69 Å². The topological polar surface area (TPSA) is 75.7 Å². The summed E-state index contributed by atoms with van der Waals surface area (Å²) in [5.41, 5.74) is 1.96. The van der Waals surface area contributed by atoms with Crippen molar-refractivity contribution in [2.45, 2.75) is 22.0 Å². The van der Waals surface area contributed by atoms with E-state index in [4.69, 9.17) is 4.74 Å². The molecule has 172 valence electrons. The van der Waals surface area contributed by atoms with E-state index in [9.17, 15) is 13.2 Å². The second-order valence-corrected chi connectivity index (χ2v) is 10.8. The third-order valence-electron chi connectivity index (χ3n) is 5.38. The van der Waals surface area contributed by atoms with Crippen molar-refractivity contribution in [3.05, 3.63) is 90.0 Å². The monoisotopic (exact) mass is 482 g/mol. The van der Waals surface area contributed by atoms with Gasteiger partial charge in [-0.25, -0.2) is 8.42 Å². The summed E-state index contributed by atoms with van der Waals surface area (Å²) in [5.74, 6) is -0.214. The predicted octanol–water partition coefficient (Wildman–Crippen LogP) is 4.49. The van der Waals surface area contributed by atoms with Crippen LogP contribution < -0.4 is 5.32 Å². The molecule has 1 amide bonds. The number of hydrogen-bond acceptors (Lipinski definition) is 5. The van der Waals surface area contributed by atoms with Crippen LogP contribution in [0.3, 0.4) is 0 Å². The summed E-state index contributed by atoms with van der Waals surface area (Å²) in [6, 6.07) is 24.3. The number of thioether (sulfide) groups is 1. The summed E-state index contributed by atoms with van der Waals surface area (Å²) in [5, 5.41) is 2.44. The van der Waals surface area contributed by atoms with E-state index in [-0.39, 0.29) is 10.8 Å². The van der Waals surface area contributed by atoms with Crippen molar-refractivity contribution < 1.29 is 17.9 Å². The minimum atomic E-state index is -3.68. The number of nitrogens with zero attached hydrogens (tertiary/aromatic N) is 1. The van der Waals surface area contributed by atoms with Gasteiger partial charge < -0.3 is 10.1 Å². The SMILES string of the molecule is Cc1ccc(NC(=O)[C@H](Sc2ccccc2)c2ccccc2)cc1S(=O)(=O)N1CCOCC1. The normalized spacial score (nSPS) is 15.7. The highest BCUT2D eigenvalue weighted by Gasteiger charge is 2.28. The van der Waals surface area contributed by atoms with Crippen LogP contribution in [0.15, 0.2) is 88.7 Å². The van der Waals surface area contributed by atoms with Crippen LogP contribution >= 0.6 is 11.8 Å². The van der Waals surface area contributed by atoms with Gasteiger partial charge in [0.25, 0.3) is 0 Å². The van der Waals surface area contributed by atoms with E-state index in [0.717, 1.165) is 10.5 Å². The molecule has 3 aromatic carbocycles. The Morgan fingerprint density at radius 1 is 0.970 bits per heavy atom. The maximum absolute atomic E-state index is 13.4. The Morgan fingerprint density at radius 3 is 2.27 bits per heavy atom. The number of nitrogens with one attached hydrogen (secondary N) is 1. The molecule has 1 aliphatic rings. The van der Waals surface area contributed by atoms with E-state index in [0.29, 0.717) is 37.6 Å². The van der Waals surface area contributed by atoms with Crippen molar-refractivity contribution >= 4 is 33.4 Å². The first-order valence-electron chi connectivity index (χ1n) is 10.7. The van der Waals surface area contributed by atoms with Gasteiger partial charge in [-0.3, -0.25) is 4.79 Å². The van der Waals surface area contributed by atoms with E-state index >= 15 is 0 Å². The summed E-state index contributed by atoms with van der Waals surface area (Å²) >= 11 is 1.45. The quantitative estimate of drug-likeness (QED) is 0.502. The van der Waals surface area contributed by atoms with Crippen LogP contribution in [-0.2, 0) is 19.6 Å². The van der Waals surface area contributed by atoms with Crippen LogP contribution in [0, 0.1) is 6.92 Å². The lowest BCUT2D eigenvalue weighted by molar-refractivity contribution is -0.115. The highest BCUT2D eigenvalue weighted by atomic mass is 32.2. The summed E-state index contributed by atoms with van der Waals surface area (Å²) in [4.78, 5) is 14.5. The van der Waals surface area contributed by atoms with Crippen molar-refractivity contribution in [1.29, 1.82) is 0 Å². The number of carbonyl (C=O) groups is 1. The van der Waals surface area contributed by atoms with Crippen LogP contribution in [0.5, 0.6) is 0 Å². The number of rotatable bonds is 7. The molecule has 3 aromatic rings. The molecule has 0 unspecified atom stereocenters. The lowest BCUT2D eigenvalue weighted by Crippen LogP contribution is -2.40. The Balaban J connectivity index is 1.60. The third-order valence-corrected chi connectivity index (χ3v) is 8.69. The standard InChI is InChI=1S/C25H26N2O4S2/c1-19-12-13-21(18-23(19)33(29,30)27-14-16-31-17-15-27)26-25(28)24(20-8-4-2-5-9-20)32-22-10-6-3-7-11-22/h2-13,18,24H,14-17H2,1H3,(H,26,28)/t24-/m1/s1. The van der Waals surface area contributed by atoms with Crippen molar-refractivity contribution in [3.8, 4) is 0 Å². The molecule has 0 saturated carbocycles. The zero-order valence-electron chi connectivity index (χ0n) is 18.3. The second kappa shape index (κ2) is 10.5. The maximum Gasteiger partial charge on any atom is 0.243 e. The lowest BCUT2D eigenvalue weighted by Gasteiger charge is -2.27. The van der Waals surface area contributed by atoms with Gasteiger partial charge in [0.2, 0.25) is 15.9 Å². The zero-order valence-corrected chi connectivity index (χ0v) is 19.9. The molecule has 1 saturated heterocycles. The van der Waals surface area contributed by atoms with Gasteiger partial charge in [-0.05, 0) is 42.3 Å². The molecule has 4 rings (SSSR count). The van der Waals surface area contributed by atoms with Gasteiger partial charge in [0.1, 0.15) is 5.25 Å². The van der Waals surface area contributed by atoms with Gasteiger partial charge >= 0.3 is 0 Å². The second-order valence-electron chi connectivity index (χ2n) is 7.71. The van der Waals surface area contributed by atoms with Gasteiger partial charge in [-0.1, -0.05) is 54.6 Å². The molecule has 1 atom stereocenters. The van der Waals surface area contributed by atoms with Gasteiger partial charge in [-0.2, -0.15) is 4.31 Å². The summed E-state index contributed by atoms with van der Waals surface area (Å²) in [6.45, 7) is 3.16. The van der Waals surface area contributed by atoms with E-state index in [1.54, 1.807) is 25.1 Å². The Bertz CT molecular complexity index is 1200. The van der Waals surface area contributed by atoms with Crippen LogP contribution in [0.1, 0.15) is 16.4 Å². The predicted molar refractivity (Wildman–Crippen MR) is 131 cm³/mol. The van der Waals surface area contributed by atoms with Gasteiger partial charge in [0.15, 0.2) is 0 Å². The molecule has 1 heterocycles. The van der Waals surface area contributed by atoms with E-state index in [1.807, 2.05) is 60.7 Å². The first kappa shape index (κ1) is 23.5. The van der Waals surface area contributed by atoms with Gasteiger partial charge in [0, 0.05) is 23.7 Å². The maximum atomic E-state index is 13.4. The number of ether oxygens (including phenoxy) is 1. The fourth-order valence-corrected chi connectivity index (χ4v) is 6.33. The number of sulfonamides is 1. The Morgan fingerprint density at radius 2 is 1.61 bits per heavy atom. The van der Waals surface area contributed by atoms with Crippen molar-refractivity contribution in [2.24, 2.45) is 0 Å². The van der Waals surface area contributed by atoms with Crippen molar-refractivity contribution in [3.63, 3.8) is 0 Å². The average Bonchev–Trinajstić information content (AvgIpc) is 2.85. The zero-order chi connectivity index (χ0) is 23.3. The highest BCUT2D eigenvalue weighted by Crippen LogP contribution is 2.36. The molecule has 1 aliphatic heterocycles. The Kier molecular flexibility index (Phi) is 7.49. The molecule has 1 fully saturated rings. The van der Waals surface area contributed by atoms with E-state index in [1.165, 1.54) is 16.1 Å². The Labute approximate surface area is 199 Å². The molecule has 8 heteroatoms. The summed E-state index contributed by atoms with van der Waals surface area (Å²) < 4.78 is 33.1. The van der Waals surface area contributed by atoms with Crippen molar-refractivity contribution in [2.75, 3.05) is 31.6 Å². The molecule has 0 radical (unpaired) electrons. The van der Waals surface area contributed by atoms with Crippen LogP contribution in [-0.4, -0.2) is 44.9 Å². The third kappa shape index (κ3) is 5.65. The van der Waals surface area contributed by atoms with Crippen LogP contribution in [0.25, 0.3) is 0 Å². The molecule has 33 heavy (non-hydrogen) atoms. The number of amides is 1. The Hall–Kier alpha value is -2.65. The first-order chi connectivity index (χ1) is 15.9. The number of hydrogen-bond donors (Lipinski definition) is 1. The molecular weight excluding hydrogens is 456 g/mol. The largest absolute Gasteiger partial charge is 0.379 e. The number of anilines is 1. The molecule has 1 N–H and O–H groups in total. The molecule has 0 spiro atoms. The number of aryl methyl sites for hydroxylation is 1. The minimum absolute atomic E-state index is 0.203. The van der Waals surface area contributed by atoms with E-state index < -0.39 is 15.3 Å². The fourth-order valence-electron chi connectivity index (χ4n) is 3.63. The van der Waals surface area contributed by atoms with Gasteiger partial charge in [0.05, 0.1) is 18.1 Å². The highest BCUT2D eigenvalue weighted by molar-refractivity contribution is 8.00. The van der Waals surface area contributed by atoms with E-state index in [2.05, 4.69) is 5.32 Å². The molecule has 0 aliphatic carbocycles. The van der Waals surface area contributed by atoms with Gasteiger partial charge in [-0.15, -0.1) is 11.8 Å². The lowest BCUT2D eigenvalue weighted by atomic mass is 10.1. The first-order valence-corrected chi connectivity index (χ1v) is 13.0. The summed E-state index contributed by atoms with van der Waals surface area (Å²) in [7, 11) is -3.68. The molecule has 0 aromatic heterocycles. The molecule has 6 nitrogen and oxygen atoms in total. The van der Waals surface area contributed by atoms with Crippen LogP contribution in [0.2, 0.25) is 0 Å². The number of benzene rings is 3. The average molecular weight is 483 g/mol. The number of carbonyl (C=O) groups excluding carboxylic acids is 1. The fraction of sp³-hybridized carbons (Fsp3) is 0.240. The smallest absolute Gasteiger partial charge is 0.243 e.